The summed E-state index contributed by atoms with van der Waals surface area (Å²) in [6.07, 6.45) is 2.10. The molecule has 0 aliphatic rings. The highest BCUT2D eigenvalue weighted by molar-refractivity contribution is 7.11. The van der Waals surface area contributed by atoms with Crippen LogP contribution in [0.1, 0.15) is 27.5 Å². The number of hydrogen-bond acceptors (Lipinski definition) is 4. The van der Waals surface area contributed by atoms with E-state index < -0.39 is 5.97 Å². The van der Waals surface area contributed by atoms with Crippen molar-refractivity contribution in [2.45, 2.75) is 19.4 Å². The molecule has 4 nitrogen and oxygen atoms in total. The first-order valence-corrected chi connectivity index (χ1v) is 7.06. The molecule has 0 aliphatic heterocycles. The minimum Gasteiger partial charge on any atom is -0.476 e. The summed E-state index contributed by atoms with van der Waals surface area (Å²) in [5.74, 6) is -0.958. The van der Waals surface area contributed by atoms with Crippen LogP contribution in [0.15, 0.2) is 35.7 Å². The van der Waals surface area contributed by atoms with E-state index in [1.807, 2.05) is 18.2 Å². The number of aromatic nitrogens is 1. The molecule has 2 aromatic rings. The van der Waals surface area contributed by atoms with Crippen LogP contribution in [0.5, 0.6) is 0 Å². The van der Waals surface area contributed by atoms with Gasteiger partial charge in [0.15, 0.2) is 0 Å². The Morgan fingerprint density at radius 1 is 1.32 bits per heavy atom. The lowest BCUT2D eigenvalue weighted by atomic mass is 10.1. The molecule has 0 unspecified atom stereocenters. The highest BCUT2D eigenvalue weighted by Crippen LogP contribution is 2.09. The summed E-state index contributed by atoms with van der Waals surface area (Å²) >= 11 is 1.17. The van der Waals surface area contributed by atoms with Gasteiger partial charge in [-0.05, 0) is 24.9 Å². The molecule has 5 heteroatoms. The number of carbonyl (C=O) groups is 1. The predicted molar refractivity (Wildman–Crippen MR) is 75.5 cm³/mol. The molecule has 0 atom stereocenters. The van der Waals surface area contributed by atoms with Crippen LogP contribution in [0.3, 0.4) is 0 Å². The zero-order chi connectivity index (χ0) is 13.5. The van der Waals surface area contributed by atoms with Gasteiger partial charge >= 0.3 is 5.97 Å². The van der Waals surface area contributed by atoms with Gasteiger partial charge in [0.1, 0.15) is 0 Å². The van der Waals surface area contributed by atoms with Crippen molar-refractivity contribution < 1.29 is 9.90 Å². The summed E-state index contributed by atoms with van der Waals surface area (Å²) in [6, 6.07) is 10.4. The van der Waals surface area contributed by atoms with E-state index in [1.54, 1.807) is 5.38 Å². The Hall–Kier alpha value is -1.72. The van der Waals surface area contributed by atoms with E-state index in [9.17, 15) is 4.79 Å². The normalized spacial score (nSPS) is 10.5. The quantitative estimate of drug-likeness (QED) is 0.763. The van der Waals surface area contributed by atoms with Gasteiger partial charge in [-0.1, -0.05) is 30.3 Å². The number of benzene rings is 1. The first kappa shape index (κ1) is 13.7. The number of aryl methyl sites for hydroxylation is 1. The molecule has 0 bridgehead atoms. The second kappa shape index (κ2) is 7.01. The Kier molecular flexibility index (Phi) is 5.06. The third kappa shape index (κ3) is 4.46. The van der Waals surface area contributed by atoms with E-state index in [1.165, 1.54) is 16.9 Å². The molecule has 0 aliphatic carbocycles. The number of carboxylic acids is 1. The van der Waals surface area contributed by atoms with Crippen LogP contribution < -0.4 is 5.32 Å². The Labute approximate surface area is 116 Å². The minimum atomic E-state index is -0.958. The lowest BCUT2D eigenvalue weighted by Crippen LogP contribution is -2.15. The third-order valence-electron chi connectivity index (χ3n) is 2.70. The van der Waals surface area contributed by atoms with Crippen molar-refractivity contribution in [3.63, 3.8) is 0 Å². The van der Waals surface area contributed by atoms with Gasteiger partial charge in [-0.2, -0.15) is 0 Å². The maximum Gasteiger partial charge on any atom is 0.365 e. The van der Waals surface area contributed by atoms with Gasteiger partial charge in [-0.3, -0.25) is 0 Å². The van der Waals surface area contributed by atoms with Crippen molar-refractivity contribution in [2.24, 2.45) is 0 Å². The second-order valence-electron chi connectivity index (χ2n) is 4.22. The molecule has 0 radical (unpaired) electrons. The van der Waals surface area contributed by atoms with Crippen LogP contribution in [0, 0.1) is 0 Å². The molecule has 2 rings (SSSR count). The Balaban J connectivity index is 1.65. The zero-order valence-electron chi connectivity index (χ0n) is 10.5. The smallest absolute Gasteiger partial charge is 0.365 e. The molecule has 0 saturated heterocycles. The molecule has 0 fully saturated rings. The summed E-state index contributed by atoms with van der Waals surface area (Å²) in [4.78, 5) is 14.7. The summed E-state index contributed by atoms with van der Waals surface area (Å²) in [6.45, 7) is 1.52. The van der Waals surface area contributed by atoms with Gasteiger partial charge in [-0.25, -0.2) is 9.78 Å². The predicted octanol–water partition coefficient (Wildman–Crippen LogP) is 2.56. The molecule has 19 heavy (non-hydrogen) atoms. The molecule has 1 aromatic carbocycles. The Bertz CT molecular complexity index is 525. The van der Waals surface area contributed by atoms with Gasteiger partial charge in [0, 0.05) is 11.9 Å². The fourth-order valence-electron chi connectivity index (χ4n) is 1.77. The van der Waals surface area contributed by atoms with Crippen molar-refractivity contribution in [3.8, 4) is 0 Å². The number of nitrogens with zero attached hydrogens (tertiary/aromatic N) is 1. The lowest BCUT2D eigenvalue weighted by molar-refractivity contribution is 0.0696. The van der Waals surface area contributed by atoms with Crippen LogP contribution >= 0.6 is 11.3 Å². The zero-order valence-corrected chi connectivity index (χ0v) is 11.3. The largest absolute Gasteiger partial charge is 0.476 e. The van der Waals surface area contributed by atoms with Crippen molar-refractivity contribution in [1.29, 1.82) is 0 Å². The average Bonchev–Trinajstić information content (AvgIpc) is 2.89. The summed E-state index contributed by atoms with van der Waals surface area (Å²) in [5, 5.41) is 14.0. The molecule has 1 heterocycles. The fourth-order valence-corrected chi connectivity index (χ4v) is 2.42. The summed E-state index contributed by atoms with van der Waals surface area (Å²) < 4.78 is 0. The van der Waals surface area contributed by atoms with E-state index in [4.69, 9.17) is 5.11 Å². The summed E-state index contributed by atoms with van der Waals surface area (Å²) in [5.41, 5.74) is 2.13. The van der Waals surface area contributed by atoms with E-state index in [2.05, 4.69) is 22.4 Å². The number of rotatable bonds is 7. The molecular formula is C14H16N2O2S. The van der Waals surface area contributed by atoms with Crippen molar-refractivity contribution in [1.82, 2.24) is 10.3 Å². The summed E-state index contributed by atoms with van der Waals surface area (Å²) in [7, 11) is 0. The minimum absolute atomic E-state index is 0.154. The second-order valence-corrected chi connectivity index (χ2v) is 5.07. The number of nitrogens with one attached hydrogen (secondary N) is 1. The van der Waals surface area contributed by atoms with Gasteiger partial charge in [0.2, 0.25) is 5.01 Å². The molecule has 100 valence electrons. The first-order valence-electron chi connectivity index (χ1n) is 6.18. The molecular weight excluding hydrogens is 260 g/mol. The molecule has 0 saturated carbocycles. The molecule has 1 aromatic heterocycles. The Morgan fingerprint density at radius 2 is 2.11 bits per heavy atom. The van der Waals surface area contributed by atoms with Crippen LogP contribution in [0.4, 0.5) is 0 Å². The molecule has 0 spiro atoms. The van der Waals surface area contributed by atoms with Crippen LogP contribution in [0.2, 0.25) is 0 Å². The van der Waals surface area contributed by atoms with Crippen molar-refractivity contribution >= 4 is 17.3 Å². The van der Waals surface area contributed by atoms with Gasteiger partial charge < -0.3 is 10.4 Å². The first-order chi connectivity index (χ1) is 9.25. The monoisotopic (exact) mass is 276 g/mol. The number of hydrogen-bond donors (Lipinski definition) is 2. The van der Waals surface area contributed by atoms with Gasteiger partial charge in [-0.15, -0.1) is 11.3 Å². The van der Waals surface area contributed by atoms with E-state index in [0.717, 1.165) is 25.1 Å². The van der Waals surface area contributed by atoms with E-state index >= 15 is 0 Å². The average molecular weight is 276 g/mol. The maximum atomic E-state index is 10.7. The molecule has 0 amide bonds. The number of thiazole rings is 1. The highest BCUT2D eigenvalue weighted by Gasteiger charge is 2.07. The number of carboxylic acid groups (broad SMARTS) is 1. The van der Waals surface area contributed by atoms with E-state index in [-0.39, 0.29) is 5.01 Å². The topological polar surface area (TPSA) is 62.2 Å². The van der Waals surface area contributed by atoms with Crippen LogP contribution in [-0.4, -0.2) is 22.6 Å². The number of aromatic carboxylic acids is 1. The van der Waals surface area contributed by atoms with Gasteiger partial charge in [0.05, 0.1) is 5.69 Å². The maximum absolute atomic E-state index is 10.7. The molecule has 2 N–H and O–H groups in total. The lowest BCUT2D eigenvalue weighted by Gasteiger charge is -2.03. The van der Waals surface area contributed by atoms with E-state index in [0.29, 0.717) is 6.54 Å². The van der Waals surface area contributed by atoms with Crippen LogP contribution in [0.25, 0.3) is 0 Å². The van der Waals surface area contributed by atoms with Crippen molar-refractivity contribution in [2.75, 3.05) is 6.54 Å². The highest BCUT2D eigenvalue weighted by atomic mass is 32.1. The van der Waals surface area contributed by atoms with Gasteiger partial charge in [0.25, 0.3) is 0 Å². The third-order valence-corrected chi connectivity index (χ3v) is 3.58. The SMILES string of the molecule is O=C(O)c1nc(CNCCCc2ccccc2)cs1. The Morgan fingerprint density at radius 3 is 2.79 bits per heavy atom. The van der Waals surface area contributed by atoms with Crippen molar-refractivity contribution in [3.05, 3.63) is 52.0 Å². The fraction of sp³-hybridized carbons (Fsp3) is 0.286. The van der Waals surface area contributed by atoms with Crippen LogP contribution in [-0.2, 0) is 13.0 Å². The standard InChI is InChI=1S/C14H16N2O2S/c17-14(18)13-16-12(10-19-13)9-15-8-4-7-11-5-2-1-3-6-11/h1-3,5-6,10,15H,4,7-9H2,(H,17,18).